The van der Waals surface area contributed by atoms with Crippen molar-refractivity contribution in [3.05, 3.63) is 65.2 Å². The van der Waals surface area contributed by atoms with Gasteiger partial charge >= 0.3 is 6.03 Å². The summed E-state index contributed by atoms with van der Waals surface area (Å²) in [5, 5.41) is 5.77. The van der Waals surface area contributed by atoms with Crippen LogP contribution in [0.3, 0.4) is 0 Å². The van der Waals surface area contributed by atoms with Crippen LogP contribution in [-0.4, -0.2) is 34.9 Å². The number of pyridine rings is 1. The monoisotopic (exact) mass is 384 g/mol. The predicted octanol–water partition coefficient (Wildman–Crippen LogP) is 3.24. The second-order valence-electron chi connectivity index (χ2n) is 6.88. The Morgan fingerprint density at radius 2 is 1.79 bits per heavy atom. The van der Waals surface area contributed by atoms with Crippen molar-refractivity contribution in [1.82, 2.24) is 20.5 Å². The molecule has 0 radical (unpaired) electrons. The van der Waals surface area contributed by atoms with E-state index in [0.717, 1.165) is 31.2 Å². The first-order valence-corrected chi connectivity index (χ1v) is 9.62. The second-order valence-corrected chi connectivity index (χ2v) is 6.88. The first kappa shape index (κ1) is 19.8. The minimum Gasteiger partial charge on any atom is -0.352 e. The summed E-state index contributed by atoms with van der Waals surface area (Å²) in [6.45, 7) is 1.99. The maximum atomic E-state index is 13.7. The molecule has 3 rings (SSSR count). The van der Waals surface area contributed by atoms with Crippen molar-refractivity contribution in [2.75, 3.05) is 13.1 Å². The molecule has 0 aliphatic carbocycles. The van der Waals surface area contributed by atoms with Gasteiger partial charge in [0.05, 0.1) is 12.1 Å². The molecule has 0 spiro atoms. The fraction of sp³-hybridized carbons (Fsp3) is 0.381. The van der Waals surface area contributed by atoms with Gasteiger partial charge in [-0.15, -0.1) is 0 Å². The van der Waals surface area contributed by atoms with E-state index < -0.39 is 0 Å². The van der Waals surface area contributed by atoms with Gasteiger partial charge in [0.2, 0.25) is 0 Å². The highest BCUT2D eigenvalue weighted by molar-refractivity contribution is 5.93. The topological polar surface area (TPSA) is 74.3 Å². The molecule has 6 nitrogen and oxygen atoms in total. The van der Waals surface area contributed by atoms with Crippen LogP contribution in [-0.2, 0) is 13.1 Å². The van der Waals surface area contributed by atoms with E-state index in [0.29, 0.717) is 37.3 Å². The van der Waals surface area contributed by atoms with Gasteiger partial charge in [-0.3, -0.25) is 9.78 Å². The van der Waals surface area contributed by atoms with Crippen molar-refractivity contribution >= 4 is 11.9 Å². The number of nitrogens with one attached hydrogen (secondary N) is 2. The molecule has 0 saturated heterocycles. The van der Waals surface area contributed by atoms with E-state index in [1.54, 1.807) is 35.5 Å². The van der Waals surface area contributed by atoms with E-state index >= 15 is 0 Å². The third-order valence-electron chi connectivity index (χ3n) is 4.80. The van der Waals surface area contributed by atoms with Crippen LogP contribution >= 0.6 is 0 Å². The smallest absolute Gasteiger partial charge is 0.318 e. The summed E-state index contributed by atoms with van der Waals surface area (Å²) in [5.41, 5.74) is 2.06. The van der Waals surface area contributed by atoms with Crippen molar-refractivity contribution in [1.29, 1.82) is 0 Å². The molecule has 0 bridgehead atoms. The number of hydrogen-bond donors (Lipinski definition) is 2. The fourth-order valence-electron chi connectivity index (χ4n) is 3.24. The SMILES string of the molecule is O=C(NCCCCCCNC(=O)N1Cc2cccc(F)c2C1)c1cccnc1. The first-order valence-electron chi connectivity index (χ1n) is 9.62. The lowest BCUT2D eigenvalue weighted by atomic mass is 10.1. The number of amides is 3. The summed E-state index contributed by atoms with van der Waals surface area (Å²) in [5.74, 6) is -0.355. The normalized spacial score (nSPS) is 12.5. The Balaban J connectivity index is 1.23. The molecule has 1 aliphatic rings. The maximum absolute atomic E-state index is 13.7. The molecule has 7 heteroatoms. The Hall–Kier alpha value is -2.96. The van der Waals surface area contributed by atoms with Crippen LogP contribution in [0, 0.1) is 5.82 Å². The number of carbonyl (C=O) groups excluding carboxylic acids is 2. The number of benzene rings is 1. The molecule has 148 valence electrons. The van der Waals surface area contributed by atoms with Crippen molar-refractivity contribution in [2.45, 2.75) is 38.8 Å². The molecule has 0 fully saturated rings. The van der Waals surface area contributed by atoms with E-state index in [1.165, 1.54) is 6.07 Å². The number of halogens is 1. The van der Waals surface area contributed by atoms with E-state index in [2.05, 4.69) is 15.6 Å². The minimum absolute atomic E-state index is 0.108. The van der Waals surface area contributed by atoms with Crippen LogP contribution in [0.15, 0.2) is 42.7 Å². The molecule has 2 aromatic rings. The predicted molar refractivity (Wildman–Crippen MR) is 104 cm³/mol. The van der Waals surface area contributed by atoms with E-state index in [-0.39, 0.29) is 17.8 Å². The number of aromatic nitrogens is 1. The van der Waals surface area contributed by atoms with Crippen molar-refractivity contribution in [3.8, 4) is 0 Å². The van der Waals surface area contributed by atoms with Gasteiger partial charge in [0.1, 0.15) is 5.82 Å². The van der Waals surface area contributed by atoms with Crippen LogP contribution in [0.1, 0.15) is 47.2 Å². The zero-order chi connectivity index (χ0) is 19.8. The fourth-order valence-corrected chi connectivity index (χ4v) is 3.24. The summed E-state index contributed by atoms with van der Waals surface area (Å²) in [4.78, 5) is 29.6. The van der Waals surface area contributed by atoms with Crippen LogP contribution in [0.25, 0.3) is 0 Å². The largest absolute Gasteiger partial charge is 0.352 e. The lowest BCUT2D eigenvalue weighted by molar-refractivity contribution is 0.0952. The molecule has 0 saturated carbocycles. The molecule has 1 aromatic heterocycles. The minimum atomic E-state index is -0.247. The third kappa shape index (κ3) is 5.28. The molecule has 2 heterocycles. The number of nitrogens with zero attached hydrogens (tertiary/aromatic N) is 2. The third-order valence-corrected chi connectivity index (χ3v) is 4.80. The standard InChI is InChI=1S/C21H25FN4O2/c22-19-9-5-7-17-14-26(15-18(17)19)21(28)25-12-4-2-1-3-11-24-20(27)16-8-6-10-23-13-16/h5-10,13H,1-4,11-12,14-15H2,(H,24,27)(H,25,28). The highest BCUT2D eigenvalue weighted by atomic mass is 19.1. The van der Waals surface area contributed by atoms with Gasteiger partial charge in [0.25, 0.3) is 5.91 Å². The highest BCUT2D eigenvalue weighted by Crippen LogP contribution is 2.24. The molecule has 1 aliphatic heterocycles. The molecule has 3 amide bonds. The molecular formula is C21H25FN4O2. The summed E-state index contributed by atoms with van der Waals surface area (Å²) in [6, 6.07) is 8.28. The molecule has 1 aromatic carbocycles. The first-order chi connectivity index (χ1) is 13.6. The molecule has 0 unspecified atom stereocenters. The Morgan fingerprint density at radius 3 is 2.50 bits per heavy atom. The second kappa shape index (κ2) is 9.82. The quantitative estimate of drug-likeness (QED) is 0.686. The Morgan fingerprint density at radius 1 is 1.00 bits per heavy atom. The van der Waals surface area contributed by atoms with Crippen LogP contribution < -0.4 is 10.6 Å². The van der Waals surface area contributed by atoms with Gasteiger partial charge in [-0.05, 0) is 36.6 Å². The van der Waals surface area contributed by atoms with E-state index in [4.69, 9.17) is 0 Å². The van der Waals surface area contributed by atoms with Crippen molar-refractivity contribution in [3.63, 3.8) is 0 Å². The highest BCUT2D eigenvalue weighted by Gasteiger charge is 2.25. The zero-order valence-corrected chi connectivity index (χ0v) is 15.8. The number of carbonyl (C=O) groups is 2. The number of fused-ring (bicyclic) bond motifs is 1. The van der Waals surface area contributed by atoms with Crippen LogP contribution in [0.2, 0.25) is 0 Å². The van der Waals surface area contributed by atoms with Gasteiger partial charge in [-0.1, -0.05) is 25.0 Å². The van der Waals surface area contributed by atoms with Gasteiger partial charge in [0, 0.05) is 37.6 Å². The van der Waals surface area contributed by atoms with E-state index in [9.17, 15) is 14.0 Å². The Bertz CT molecular complexity index is 813. The zero-order valence-electron chi connectivity index (χ0n) is 15.8. The van der Waals surface area contributed by atoms with Crippen molar-refractivity contribution in [2.24, 2.45) is 0 Å². The Labute approximate surface area is 164 Å². The van der Waals surface area contributed by atoms with Gasteiger partial charge in [0.15, 0.2) is 0 Å². The number of hydrogen-bond acceptors (Lipinski definition) is 3. The molecule has 0 atom stereocenters. The lowest BCUT2D eigenvalue weighted by Gasteiger charge is -2.16. The molecular weight excluding hydrogens is 359 g/mol. The average molecular weight is 384 g/mol. The number of rotatable bonds is 8. The molecule has 2 N–H and O–H groups in total. The van der Waals surface area contributed by atoms with E-state index in [1.807, 2.05) is 6.07 Å². The average Bonchev–Trinajstić information content (AvgIpc) is 3.16. The lowest BCUT2D eigenvalue weighted by Crippen LogP contribution is -2.36. The summed E-state index contributed by atoms with van der Waals surface area (Å²) < 4.78 is 13.7. The summed E-state index contributed by atoms with van der Waals surface area (Å²) in [6.07, 6.45) is 6.89. The van der Waals surface area contributed by atoms with Crippen LogP contribution in [0.5, 0.6) is 0 Å². The Kier molecular flexibility index (Phi) is 6.94. The van der Waals surface area contributed by atoms with Gasteiger partial charge in [-0.25, -0.2) is 9.18 Å². The van der Waals surface area contributed by atoms with Crippen LogP contribution in [0.4, 0.5) is 9.18 Å². The maximum Gasteiger partial charge on any atom is 0.318 e. The van der Waals surface area contributed by atoms with Crippen molar-refractivity contribution < 1.29 is 14.0 Å². The molecule has 28 heavy (non-hydrogen) atoms. The number of urea groups is 1. The summed E-state index contributed by atoms with van der Waals surface area (Å²) >= 11 is 0. The number of unbranched alkanes of at least 4 members (excludes halogenated alkanes) is 3. The van der Waals surface area contributed by atoms with Gasteiger partial charge in [-0.2, -0.15) is 0 Å². The van der Waals surface area contributed by atoms with Gasteiger partial charge < -0.3 is 15.5 Å². The summed E-state index contributed by atoms with van der Waals surface area (Å²) in [7, 11) is 0.